The summed E-state index contributed by atoms with van der Waals surface area (Å²) in [6.07, 6.45) is -3.76. The molecule has 1 aromatic rings. The van der Waals surface area contributed by atoms with Crippen LogP contribution in [0.4, 0.5) is 17.6 Å². The van der Waals surface area contributed by atoms with E-state index in [0.29, 0.717) is 4.47 Å². The average molecular weight is 344 g/mol. The van der Waals surface area contributed by atoms with Crippen molar-refractivity contribution < 1.29 is 22.3 Å². The highest BCUT2D eigenvalue weighted by atomic mass is 79.9. The summed E-state index contributed by atoms with van der Waals surface area (Å²) in [5.74, 6) is -4.06. The van der Waals surface area contributed by atoms with Crippen molar-refractivity contribution in [3.05, 3.63) is 28.2 Å². The van der Waals surface area contributed by atoms with Crippen molar-refractivity contribution in [2.45, 2.75) is 25.3 Å². The highest BCUT2D eigenvalue weighted by Gasteiger charge is 2.50. The summed E-state index contributed by atoms with van der Waals surface area (Å²) in [4.78, 5) is 0. The molecule has 0 aromatic heterocycles. The number of rotatable bonds is 6. The molecule has 0 aliphatic carbocycles. The van der Waals surface area contributed by atoms with Crippen LogP contribution in [0.5, 0.6) is 5.75 Å². The van der Waals surface area contributed by atoms with Crippen LogP contribution < -0.4 is 10.1 Å². The molecule has 0 bridgehead atoms. The highest BCUT2D eigenvalue weighted by molar-refractivity contribution is 9.10. The molecule has 1 rings (SSSR count). The second-order valence-corrected chi connectivity index (χ2v) is 4.77. The van der Waals surface area contributed by atoms with Gasteiger partial charge in [-0.25, -0.2) is 8.78 Å². The molecule has 0 spiro atoms. The fourth-order valence-electron chi connectivity index (χ4n) is 1.71. The molecule has 1 atom stereocenters. The Kier molecular flexibility index (Phi) is 5.61. The first-order valence-corrected chi connectivity index (χ1v) is 6.36. The van der Waals surface area contributed by atoms with Gasteiger partial charge in [0, 0.05) is 10.0 Å². The molecule has 0 saturated heterocycles. The quantitative estimate of drug-likeness (QED) is 0.788. The number of benzene rings is 1. The summed E-state index contributed by atoms with van der Waals surface area (Å²) >= 11 is 3.13. The standard InChI is InChI=1S/C12H14BrF4NO/c1-3-18-10(12(16,17)11(14)15)8-6-7(13)4-5-9(8)19-2/h4-6,10-11,18H,3H2,1-2H3. The largest absolute Gasteiger partial charge is 0.496 e. The van der Waals surface area contributed by atoms with Gasteiger partial charge < -0.3 is 10.1 Å². The molecule has 0 aliphatic heterocycles. The Labute approximate surface area is 117 Å². The molecule has 0 heterocycles. The van der Waals surface area contributed by atoms with Crippen molar-refractivity contribution in [2.24, 2.45) is 0 Å². The maximum Gasteiger partial charge on any atom is 0.326 e. The van der Waals surface area contributed by atoms with E-state index in [4.69, 9.17) is 4.74 Å². The van der Waals surface area contributed by atoms with Crippen LogP contribution in [0.3, 0.4) is 0 Å². The molecule has 108 valence electrons. The number of alkyl halides is 4. The van der Waals surface area contributed by atoms with Crippen molar-refractivity contribution in [3.8, 4) is 5.75 Å². The minimum atomic E-state index is -4.19. The first-order valence-electron chi connectivity index (χ1n) is 5.57. The van der Waals surface area contributed by atoms with Gasteiger partial charge in [0.2, 0.25) is 0 Å². The van der Waals surface area contributed by atoms with Crippen LogP contribution >= 0.6 is 15.9 Å². The Morgan fingerprint density at radius 2 is 2.00 bits per heavy atom. The molecule has 0 saturated carbocycles. The fraction of sp³-hybridized carbons (Fsp3) is 0.500. The van der Waals surface area contributed by atoms with Crippen LogP contribution in [0.2, 0.25) is 0 Å². The fourth-order valence-corrected chi connectivity index (χ4v) is 2.09. The van der Waals surface area contributed by atoms with Crippen LogP contribution in [0.25, 0.3) is 0 Å². The van der Waals surface area contributed by atoms with E-state index in [9.17, 15) is 17.6 Å². The predicted octanol–water partition coefficient (Wildman–Crippen LogP) is 4.01. The van der Waals surface area contributed by atoms with Crippen LogP contribution in [-0.4, -0.2) is 26.0 Å². The van der Waals surface area contributed by atoms with Crippen LogP contribution in [0.15, 0.2) is 22.7 Å². The molecule has 1 N–H and O–H groups in total. The van der Waals surface area contributed by atoms with E-state index in [-0.39, 0.29) is 17.9 Å². The minimum absolute atomic E-state index is 0.0102. The molecule has 0 amide bonds. The van der Waals surface area contributed by atoms with Gasteiger partial charge in [0.25, 0.3) is 0 Å². The van der Waals surface area contributed by atoms with Gasteiger partial charge in [-0.1, -0.05) is 22.9 Å². The smallest absolute Gasteiger partial charge is 0.326 e. The lowest BCUT2D eigenvalue weighted by Gasteiger charge is -2.28. The van der Waals surface area contributed by atoms with Crippen molar-refractivity contribution in [1.82, 2.24) is 5.32 Å². The van der Waals surface area contributed by atoms with Gasteiger partial charge in [-0.2, -0.15) is 8.78 Å². The zero-order valence-corrected chi connectivity index (χ0v) is 12.0. The summed E-state index contributed by atoms with van der Waals surface area (Å²) in [6.45, 7) is 1.70. The zero-order chi connectivity index (χ0) is 14.6. The van der Waals surface area contributed by atoms with Crippen LogP contribution in [0.1, 0.15) is 18.5 Å². The third kappa shape index (κ3) is 3.60. The van der Waals surface area contributed by atoms with Gasteiger partial charge >= 0.3 is 12.3 Å². The monoisotopic (exact) mass is 343 g/mol. The summed E-state index contributed by atoms with van der Waals surface area (Å²) < 4.78 is 57.9. The van der Waals surface area contributed by atoms with Crippen molar-refractivity contribution in [2.75, 3.05) is 13.7 Å². The second-order valence-electron chi connectivity index (χ2n) is 3.85. The number of methoxy groups -OCH3 is 1. The Balaban J connectivity index is 3.29. The van der Waals surface area contributed by atoms with E-state index in [1.54, 1.807) is 13.0 Å². The Morgan fingerprint density at radius 1 is 1.37 bits per heavy atom. The van der Waals surface area contributed by atoms with Crippen LogP contribution in [0, 0.1) is 0 Å². The maximum atomic E-state index is 13.6. The van der Waals surface area contributed by atoms with Crippen molar-refractivity contribution in [3.63, 3.8) is 0 Å². The Bertz CT molecular complexity index is 428. The summed E-state index contributed by atoms with van der Waals surface area (Å²) in [5.41, 5.74) is -0.0102. The third-order valence-electron chi connectivity index (χ3n) is 2.59. The first kappa shape index (κ1) is 16.2. The van der Waals surface area contributed by atoms with E-state index >= 15 is 0 Å². The third-order valence-corrected chi connectivity index (χ3v) is 3.08. The van der Waals surface area contributed by atoms with Gasteiger partial charge in [-0.15, -0.1) is 0 Å². The molecular weight excluding hydrogens is 330 g/mol. The molecule has 0 fully saturated rings. The minimum Gasteiger partial charge on any atom is -0.496 e. The van der Waals surface area contributed by atoms with E-state index in [1.807, 2.05) is 0 Å². The van der Waals surface area contributed by atoms with E-state index in [2.05, 4.69) is 21.2 Å². The van der Waals surface area contributed by atoms with E-state index < -0.39 is 18.4 Å². The average Bonchev–Trinajstić information content (AvgIpc) is 2.35. The van der Waals surface area contributed by atoms with Gasteiger partial charge in [0.1, 0.15) is 11.8 Å². The summed E-state index contributed by atoms with van der Waals surface area (Å²) in [7, 11) is 1.30. The predicted molar refractivity (Wildman–Crippen MR) is 68.1 cm³/mol. The van der Waals surface area contributed by atoms with Gasteiger partial charge in [0.15, 0.2) is 0 Å². The molecule has 19 heavy (non-hydrogen) atoms. The molecule has 1 aromatic carbocycles. The first-order chi connectivity index (χ1) is 8.84. The summed E-state index contributed by atoms with van der Waals surface area (Å²) in [6, 6.07) is 2.57. The van der Waals surface area contributed by atoms with Crippen LogP contribution in [-0.2, 0) is 0 Å². The Hall–Kier alpha value is -0.820. The molecule has 2 nitrogen and oxygen atoms in total. The lowest BCUT2D eigenvalue weighted by molar-refractivity contribution is -0.151. The zero-order valence-electron chi connectivity index (χ0n) is 10.4. The number of nitrogens with one attached hydrogen (secondary N) is 1. The summed E-state index contributed by atoms with van der Waals surface area (Å²) in [5, 5.41) is 2.39. The van der Waals surface area contributed by atoms with Crippen molar-refractivity contribution in [1.29, 1.82) is 0 Å². The lowest BCUT2D eigenvalue weighted by atomic mass is 9.99. The molecule has 7 heteroatoms. The Morgan fingerprint density at radius 3 is 2.47 bits per heavy atom. The number of halogens is 5. The maximum absolute atomic E-state index is 13.6. The van der Waals surface area contributed by atoms with Gasteiger partial charge in [0.05, 0.1) is 7.11 Å². The molecule has 1 unspecified atom stereocenters. The molecular formula is C12H14BrF4NO. The molecule has 0 radical (unpaired) electrons. The second kappa shape index (κ2) is 6.56. The number of ether oxygens (including phenoxy) is 1. The van der Waals surface area contributed by atoms with Crippen molar-refractivity contribution >= 4 is 15.9 Å². The topological polar surface area (TPSA) is 21.3 Å². The lowest BCUT2D eigenvalue weighted by Crippen LogP contribution is -2.42. The van der Waals surface area contributed by atoms with E-state index in [0.717, 1.165) is 0 Å². The SMILES string of the molecule is CCNC(c1cc(Br)ccc1OC)C(F)(F)C(F)F. The normalized spacial score (nSPS) is 13.7. The number of hydrogen-bond donors (Lipinski definition) is 1. The highest BCUT2D eigenvalue weighted by Crippen LogP contribution is 2.40. The van der Waals surface area contributed by atoms with E-state index in [1.165, 1.54) is 19.2 Å². The van der Waals surface area contributed by atoms with Gasteiger partial charge in [-0.3, -0.25) is 0 Å². The van der Waals surface area contributed by atoms with Gasteiger partial charge in [-0.05, 0) is 24.7 Å². The number of hydrogen-bond acceptors (Lipinski definition) is 2. The molecule has 0 aliphatic rings.